The summed E-state index contributed by atoms with van der Waals surface area (Å²) < 4.78 is 5.21. The number of nitrogens with two attached hydrogens (primary N) is 1. The summed E-state index contributed by atoms with van der Waals surface area (Å²) in [6.45, 7) is 2.64. The summed E-state index contributed by atoms with van der Waals surface area (Å²) in [5.41, 5.74) is 6.54. The molecule has 1 atom stereocenters. The Hall–Kier alpha value is -2.07. The number of methoxy groups -OCH3 is 1. The van der Waals surface area contributed by atoms with E-state index in [0.717, 1.165) is 29.4 Å². The Bertz CT molecular complexity index is 625. The van der Waals surface area contributed by atoms with Gasteiger partial charge in [0.25, 0.3) is 5.91 Å². The Morgan fingerprint density at radius 2 is 2.14 bits per heavy atom. The Labute approximate surface area is 125 Å². The maximum absolute atomic E-state index is 12.3. The molecule has 0 heterocycles. The third kappa shape index (κ3) is 3.73. The number of nitrogens with one attached hydrogen (secondary N) is 1. The number of hydrogen-bond donors (Lipinski definition) is 2. The Morgan fingerprint density at radius 3 is 2.86 bits per heavy atom. The Balaban J connectivity index is 2.15. The second-order valence-electron chi connectivity index (χ2n) is 5.11. The minimum absolute atomic E-state index is 0.0610. The zero-order valence-corrected chi connectivity index (χ0v) is 12.6. The van der Waals surface area contributed by atoms with Gasteiger partial charge in [-0.25, -0.2) is 0 Å². The van der Waals surface area contributed by atoms with Gasteiger partial charge in [-0.2, -0.15) is 0 Å². The molecule has 2 rings (SSSR count). The van der Waals surface area contributed by atoms with E-state index in [2.05, 4.69) is 5.32 Å². The summed E-state index contributed by atoms with van der Waals surface area (Å²) in [7, 11) is 1.63. The number of carbonyl (C=O) groups is 1. The number of rotatable bonds is 6. The molecule has 1 amide bonds. The minimum atomic E-state index is -0.0610. The first-order valence-electron chi connectivity index (χ1n) is 7.26. The molecule has 2 aromatic carbocycles. The van der Waals surface area contributed by atoms with Gasteiger partial charge in [0.05, 0.1) is 7.11 Å². The van der Waals surface area contributed by atoms with Crippen LogP contribution in [0.4, 0.5) is 0 Å². The molecular formula is C17H22N2O2. The van der Waals surface area contributed by atoms with Crippen molar-refractivity contribution >= 4 is 16.7 Å². The molecule has 0 aromatic heterocycles. The van der Waals surface area contributed by atoms with E-state index in [1.54, 1.807) is 7.11 Å². The van der Waals surface area contributed by atoms with Crippen LogP contribution < -0.4 is 15.8 Å². The maximum Gasteiger partial charge on any atom is 0.251 e. The first-order valence-corrected chi connectivity index (χ1v) is 7.26. The molecule has 2 aromatic rings. The van der Waals surface area contributed by atoms with Gasteiger partial charge in [-0.1, -0.05) is 19.1 Å². The van der Waals surface area contributed by atoms with Crippen LogP contribution >= 0.6 is 0 Å². The van der Waals surface area contributed by atoms with E-state index in [4.69, 9.17) is 10.5 Å². The summed E-state index contributed by atoms with van der Waals surface area (Å²) in [5, 5.41) is 4.85. The smallest absolute Gasteiger partial charge is 0.251 e. The van der Waals surface area contributed by atoms with Crippen LogP contribution in [0.15, 0.2) is 36.4 Å². The zero-order valence-electron chi connectivity index (χ0n) is 12.6. The van der Waals surface area contributed by atoms with Crippen LogP contribution in [0.5, 0.6) is 5.75 Å². The van der Waals surface area contributed by atoms with Crippen LogP contribution in [0, 0.1) is 0 Å². The van der Waals surface area contributed by atoms with Crippen molar-refractivity contribution in [2.75, 3.05) is 13.7 Å². The maximum atomic E-state index is 12.3. The van der Waals surface area contributed by atoms with Crippen molar-refractivity contribution in [2.24, 2.45) is 5.73 Å². The van der Waals surface area contributed by atoms with Gasteiger partial charge in [0, 0.05) is 18.2 Å². The van der Waals surface area contributed by atoms with Gasteiger partial charge in [-0.15, -0.1) is 0 Å². The molecule has 112 valence electrons. The van der Waals surface area contributed by atoms with E-state index in [1.807, 2.05) is 43.3 Å². The first kappa shape index (κ1) is 15.3. The van der Waals surface area contributed by atoms with Crippen molar-refractivity contribution < 1.29 is 9.53 Å². The topological polar surface area (TPSA) is 64.3 Å². The van der Waals surface area contributed by atoms with Crippen LogP contribution in [-0.4, -0.2) is 25.6 Å². The zero-order chi connectivity index (χ0) is 15.2. The van der Waals surface area contributed by atoms with Gasteiger partial charge in [0.15, 0.2) is 0 Å². The average Bonchev–Trinajstić information content (AvgIpc) is 2.53. The van der Waals surface area contributed by atoms with Crippen molar-refractivity contribution in [1.82, 2.24) is 5.32 Å². The SMILES string of the molecule is CCC(N)CCNC(=O)c1cccc2cc(OC)ccc12. The van der Waals surface area contributed by atoms with E-state index in [-0.39, 0.29) is 11.9 Å². The van der Waals surface area contributed by atoms with E-state index in [1.165, 1.54) is 0 Å². The quantitative estimate of drug-likeness (QED) is 0.858. The number of ether oxygens (including phenoxy) is 1. The lowest BCUT2D eigenvalue weighted by Crippen LogP contribution is -2.30. The lowest BCUT2D eigenvalue weighted by molar-refractivity contribution is 0.0954. The number of carbonyl (C=O) groups excluding carboxylic acids is 1. The highest BCUT2D eigenvalue weighted by molar-refractivity contribution is 6.07. The molecule has 0 spiro atoms. The lowest BCUT2D eigenvalue weighted by Gasteiger charge is -2.11. The lowest BCUT2D eigenvalue weighted by atomic mass is 10.0. The van der Waals surface area contributed by atoms with Gasteiger partial charge in [-0.3, -0.25) is 4.79 Å². The number of fused-ring (bicyclic) bond motifs is 1. The normalized spacial score (nSPS) is 12.1. The molecule has 4 nitrogen and oxygen atoms in total. The predicted octanol–water partition coefficient (Wildman–Crippen LogP) is 2.71. The van der Waals surface area contributed by atoms with Gasteiger partial charge in [0.1, 0.15) is 5.75 Å². The molecule has 1 unspecified atom stereocenters. The van der Waals surface area contributed by atoms with E-state index in [9.17, 15) is 4.79 Å². The second kappa shape index (κ2) is 7.09. The van der Waals surface area contributed by atoms with E-state index in [0.29, 0.717) is 12.1 Å². The molecule has 4 heteroatoms. The van der Waals surface area contributed by atoms with Crippen molar-refractivity contribution in [1.29, 1.82) is 0 Å². The monoisotopic (exact) mass is 286 g/mol. The van der Waals surface area contributed by atoms with Crippen LogP contribution in [0.25, 0.3) is 10.8 Å². The van der Waals surface area contributed by atoms with Crippen molar-refractivity contribution in [3.63, 3.8) is 0 Å². The van der Waals surface area contributed by atoms with Crippen LogP contribution in [-0.2, 0) is 0 Å². The Morgan fingerprint density at radius 1 is 1.33 bits per heavy atom. The fourth-order valence-electron chi connectivity index (χ4n) is 2.26. The molecule has 0 saturated heterocycles. The number of amides is 1. The number of benzene rings is 2. The Kier molecular flexibility index (Phi) is 5.17. The molecule has 0 fully saturated rings. The molecule has 0 aliphatic carbocycles. The number of hydrogen-bond acceptors (Lipinski definition) is 3. The summed E-state index contributed by atoms with van der Waals surface area (Å²) in [4.78, 5) is 12.3. The largest absolute Gasteiger partial charge is 0.497 e. The highest BCUT2D eigenvalue weighted by atomic mass is 16.5. The van der Waals surface area contributed by atoms with Gasteiger partial charge < -0.3 is 15.8 Å². The highest BCUT2D eigenvalue weighted by Gasteiger charge is 2.10. The molecule has 0 saturated carbocycles. The van der Waals surface area contributed by atoms with E-state index < -0.39 is 0 Å². The average molecular weight is 286 g/mol. The van der Waals surface area contributed by atoms with Gasteiger partial charge in [-0.05, 0) is 47.9 Å². The molecule has 21 heavy (non-hydrogen) atoms. The van der Waals surface area contributed by atoms with Gasteiger partial charge >= 0.3 is 0 Å². The van der Waals surface area contributed by atoms with E-state index >= 15 is 0 Å². The van der Waals surface area contributed by atoms with Crippen molar-refractivity contribution in [3.8, 4) is 5.75 Å². The van der Waals surface area contributed by atoms with Gasteiger partial charge in [0.2, 0.25) is 0 Å². The molecule has 0 aliphatic heterocycles. The second-order valence-corrected chi connectivity index (χ2v) is 5.11. The summed E-state index contributed by atoms with van der Waals surface area (Å²) in [5.74, 6) is 0.725. The summed E-state index contributed by atoms with van der Waals surface area (Å²) >= 11 is 0. The van der Waals surface area contributed by atoms with Crippen molar-refractivity contribution in [2.45, 2.75) is 25.8 Å². The minimum Gasteiger partial charge on any atom is -0.497 e. The third-order valence-corrected chi connectivity index (χ3v) is 3.66. The third-order valence-electron chi connectivity index (χ3n) is 3.66. The highest BCUT2D eigenvalue weighted by Crippen LogP contribution is 2.23. The summed E-state index contributed by atoms with van der Waals surface area (Å²) in [6, 6.07) is 11.5. The molecule has 3 N–H and O–H groups in total. The fourth-order valence-corrected chi connectivity index (χ4v) is 2.26. The van der Waals surface area contributed by atoms with Crippen LogP contribution in [0.1, 0.15) is 30.1 Å². The van der Waals surface area contributed by atoms with Crippen molar-refractivity contribution in [3.05, 3.63) is 42.0 Å². The molecule has 0 aliphatic rings. The van der Waals surface area contributed by atoms with Crippen LogP contribution in [0.3, 0.4) is 0 Å². The standard InChI is InChI=1S/C17H22N2O2/c1-3-13(18)9-10-19-17(20)16-6-4-5-12-11-14(21-2)7-8-15(12)16/h4-8,11,13H,3,9-10,18H2,1-2H3,(H,19,20). The molecule has 0 radical (unpaired) electrons. The fraction of sp³-hybridized carbons (Fsp3) is 0.353. The molecular weight excluding hydrogens is 264 g/mol. The first-order chi connectivity index (χ1) is 10.2. The molecule has 0 bridgehead atoms. The van der Waals surface area contributed by atoms with Crippen LogP contribution in [0.2, 0.25) is 0 Å². The predicted molar refractivity (Wildman–Crippen MR) is 85.7 cm³/mol. The summed E-state index contributed by atoms with van der Waals surface area (Å²) in [6.07, 6.45) is 1.71.